The largest absolute Gasteiger partial charge is 0.480 e. The van der Waals surface area contributed by atoms with Crippen LogP contribution in [0.5, 0.6) is 0 Å². The lowest BCUT2D eigenvalue weighted by atomic mass is 10.0. The Morgan fingerprint density at radius 1 is 1.67 bits per heavy atom. The number of hydrogen-bond acceptors (Lipinski definition) is 3. The van der Waals surface area contributed by atoms with Crippen molar-refractivity contribution in [2.45, 2.75) is 12.6 Å². The van der Waals surface area contributed by atoms with Gasteiger partial charge in [0, 0.05) is 11.6 Å². The molecule has 0 saturated heterocycles. The number of nitrogens with two attached hydrogens (primary N) is 1. The van der Waals surface area contributed by atoms with Crippen molar-refractivity contribution in [3.8, 4) is 0 Å². The normalized spacial score (nSPS) is 12.5. The van der Waals surface area contributed by atoms with Crippen LogP contribution >= 0.6 is 15.9 Å². The molecule has 1 aromatic carbocycles. The summed E-state index contributed by atoms with van der Waals surface area (Å²) >= 11 is 3.29. The van der Waals surface area contributed by atoms with Crippen molar-refractivity contribution in [2.75, 3.05) is 7.11 Å². The molecule has 4 nitrogen and oxygen atoms in total. The van der Waals surface area contributed by atoms with Crippen LogP contribution in [-0.2, 0) is 16.1 Å². The molecular formula is C10H12BrNO3. The van der Waals surface area contributed by atoms with Crippen molar-refractivity contribution in [3.05, 3.63) is 33.8 Å². The van der Waals surface area contributed by atoms with Gasteiger partial charge in [-0.25, -0.2) is 0 Å². The van der Waals surface area contributed by atoms with Crippen LogP contribution in [0.2, 0.25) is 0 Å². The number of ether oxygens (including phenoxy) is 1. The van der Waals surface area contributed by atoms with Crippen LogP contribution in [0.3, 0.4) is 0 Å². The zero-order valence-corrected chi connectivity index (χ0v) is 9.82. The summed E-state index contributed by atoms with van der Waals surface area (Å²) in [5.74, 6) is -1.06. The summed E-state index contributed by atoms with van der Waals surface area (Å²) in [6.07, 6.45) is 0. The summed E-state index contributed by atoms with van der Waals surface area (Å²) in [5.41, 5.74) is 6.93. The molecule has 0 bridgehead atoms. The highest BCUT2D eigenvalue weighted by Crippen LogP contribution is 2.26. The fraction of sp³-hybridized carbons (Fsp3) is 0.300. The van der Waals surface area contributed by atoms with Crippen LogP contribution in [0.15, 0.2) is 22.7 Å². The third-order valence-corrected chi connectivity index (χ3v) is 2.71. The molecule has 0 aliphatic rings. The zero-order chi connectivity index (χ0) is 11.4. The Morgan fingerprint density at radius 2 is 2.33 bits per heavy atom. The van der Waals surface area contributed by atoms with E-state index in [0.29, 0.717) is 16.6 Å². The first-order valence-electron chi connectivity index (χ1n) is 4.32. The van der Waals surface area contributed by atoms with Gasteiger partial charge in [-0.2, -0.15) is 0 Å². The van der Waals surface area contributed by atoms with Crippen molar-refractivity contribution in [1.82, 2.24) is 0 Å². The van der Waals surface area contributed by atoms with E-state index in [2.05, 4.69) is 15.9 Å². The number of carboxylic acids is 1. The summed E-state index contributed by atoms with van der Waals surface area (Å²) < 4.78 is 5.67. The Balaban J connectivity index is 3.17. The average molecular weight is 274 g/mol. The van der Waals surface area contributed by atoms with E-state index in [9.17, 15) is 4.79 Å². The Labute approximate surface area is 96.2 Å². The SMILES string of the molecule is COCc1cccc(Br)c1C(N)C(=O)O. The van der Waals surface area contributed by atoms with Crippen LogP contribution in [-0.4, -0.2) is 18.2 Å². The third kappa shape index (κ3) is 2.77. The second kappa shape index (κ2) is 5.25. The summed E-state index contributed by atoms with van der Waals surface area (Å²) in [4.78, 5) is 10.8. The highest BCUT2D eigenvalue weighted by atomic mass is 79.9. The Hall–Kier alpha value is -0.910. The molecule has 15 heavy (non-hydrogen) atoms. The summed E-state index contributed by atoms with van der Waals surface area (Å²) in [6, 6.07) is 4.34. The van der Waals surface area contributed by atoms with E-state index in [-0.39, 0.29) is 0 Å². The number of methoxy groups -OCH3 is 1. The molecule has 1 atom stereocenters. The maximum atomic E-state index is 10.8. The van der Waals surface area contributed by atoms with Crippen molar-refractivity contribution in [1.29, 1.82) is 0 Å². The lowest BCUT2D eigenvalue weighted by Crippen LogP contribution is -2.22. The molecule has 0 aliphatic heterocycles. The number of rotatable bonds is 4. The van der Waals surface area contributed by atoms with Crippen LogP contribution in [0.1, 0.15) is 17.2 Å². The highest BCUT2D eigenvalue weighted by Gasteiger charge is 2.20. The molecule has 1 rings (SSSR count). The standard InChI is InChI=1S/C10H12BrNO3/c1-15-5-6-3-2-4-7(11)8(6)9(12)10(13)14/h2-4,9H,5,12H2,1H3,(H,13,14). The molecule has 0 radical (unpaired) electrons. The summed E-state index contributed by atoms with van der Waals surface area (Å²) in [7, 11) is 1.55. The fourth-order valence-corrected chi connectivity index (χ4v) is 1.99. The first kappa shape index (κ1) is 12.2. The van der Waals surface area contributed by atoms with Gasteiger partial charge in [-0.3, -0.25) is 4.79 Å². The Kier molecular flexibility index (Phi) is 4.26. The summed E-state index contributed by atoms with van der Waals surface area (Å²) in [5, 5.41) is 8.87. The first-order valence-corrected chi connectivity index (χ1v) is 5.11. The smallest absolute Gasteiger partial charge is 0.325 e. The number of carbonyl (C=O) groups is 1. The minimum atomic E-state index is -1.06. The van der Waals surface area contributed by atoms with Gasteiger partial charge in [-0.15, -0.1) is 0 Å². The monoisotopic (exact) mass is 273 g/mol. The maximum Gasteiger partial charge on any atom is 0.325 e. The van der Waals surface area contributed by atoms with E-state index in [0.717, 1.165) is 5.56 Å². The Morgan fingerprint density at radius 3 is 2.87 bits per heavy atom. The van der Waals surface area contributed by atoms with Crippen LogP contribution in [0.25, 0.3) is 0 Å². The van der Waals surface area contributed by atoms with E-state index in [1.165, 1.54) is 0 Å². The molecule has 0 aromatic heterocycles. The number of aliphatic carboxylic acids is 1. The molecule has 0 aliphatic carbocycles. The lowest BCUT2D eigenvalue weighted by Gasteiger charge is -2.14. The fourth-order valence-electron chi connectivity index (χ4n) is 1.33. The third-order valence-electron chi connectivity index (χ3n) is 2.02. The van der Waals surface area contributed by atoms with Crippen LogP contribution < -0.4 is 5.73 Å². The number of benzene rings is 1. The lowest BCUT2D eigenvalue weighted by molar-refractivity contribution is -0.138. The van der Waals surface area contributed by atoms with Gasteiger partial charge >= 0.3 is 5.97 Å². The van der Waals surface area contributed by atoms with E-state index < -0.39 is 12.0 Å². The summed E-state index contributed by atoms with van der Waals surface area (Å²) in [6.45, 7) is 0.343. The van der Waals surface area contributed by atoms with Crippen LogP contribution in [0.4, 0.5) is 0 Å². The van der Waals surface area contributed by atoms with Crippen molar-refractivity contribution < 1.29 is 14.6 Å². The van der Waals surface area contributed by atoms with Gasteiger partial charge in [0.2, 0.25) is 0 Å². The molecule has 1 unspecified atom stereocenters. The molecule has 82 valence electrons. The molecule has 5 heteroatoms. The predicted molar refractivity (Wildman–Crippen MR) is 59.4 cm³/mol. The van der Waals surface area contributed by atoms with Crippen LogP contribution in [0, 0.1) is 0 Å². The molecule has 0 heterocycles. The van der Waals surface area contributed by atoms with E-state index in [1.54, 1.807) is 19.2 Å². The van der Waals surface area contributed by atoms with Crippen molar-refractivity contribution in [2.24, 2.45) is 5.73 Å². The first-order chi connectivity index (χ1) is 7.07. The van der Waals surface area contributed by atoms with E-state index in [1.807, 2.05) is 6.07 Å². The molecule has 0 saturated carbocycles. The van der Waals surface area contributed by atoms with E-state index in [4.69, 9.17) is 15.6 Å². The van der Waals surface area contributed by atoms with Gasteiger partial charge < -0.3 is 15.6 Å². The van der Waals surface area contributed by atoms with Gasteiger partial charge in [0.25, 0.3) is 0 Å². The quantitative estimate of drug-likeness (QED) is 0.876. The number of carboxylic acid groups (broad SMARTS) is 1. The highest BCUT2D eigenvalue weighted by molar-refractivity contribution is 9.10. The minimum Gasteiger partial charge on any atom is -0.480 e. The van der Waals surface area contributed by atoms with Gasteiger partial charge in [0.05, 0.1) is 6.61 Å². The maximum absolute atomic E-state index is 10.8. The van der Waals surface area contributed by atoms with Gasteiger partial charge in [-0.05, 0) is 17.2 Å². The average Bonchev–Trinajstić information content (AvgIpc) is 2.17. The molecule has 0 amide bonds. The Bertz CT molecular complexity index is 368. The molecular weight excluding hydrogens is 262 g/mol. The molecule has 3 N–H and O–H groups in total. The molecule has 0 fully saturated rings. The topological polar surface area (TPSA) is 72.5 Å². The second-order valence-corrected chi connectivity index (χ2v) is 3.92. The van der Waals surface area contributed by atoms with Gasteiger partial charge in [0.15, 0.2) is 0 Å². The van der Waals surface area contributed by atoms with Crippen molar-refractivity contribution in [3.63, 3.8) is 0 Å². The van der Waals surface area contributed by atoms with Gasteiger partial charge in [-0.1, -0.05) is 28.1 Å². The minimum absolute atomic E-state index is 0.343. The van der Waals surface area contributed by atoms with Gasteiger partial charge in [0.1, 0.15) is 6.04 Å². The predicted octanol–water partition coefficient (Wildman–Crippen LogP) is 1.68. The second-order valence-electron chi connectivity index (χ2n) is 3.06. The number of hydrogen-bond donors (Lipinski definition) is 2. The number of halogens is 1. The molecule has 0 spiro atoms. The van der Waals surface area contributed by atoms with Crippen molar-refractivity contribution >= 4 is 21.9 Å². The van der Waals surface area contributed by atoms with E-state index >= 15 is 0 Å². The zero-order valence-electron chi connectivity index (χ0n) is 8.24. The molecule has 1 aromatic rings.